The molecule has 0 bridgehead atoms. The number of nitrogens with zero attached hydrogens (tertiary/aromatic N) is 2. The van der Waals surface area contributed by atoms with Crippen LogP contribution in [0.2, 0.25) is 0 Å². The monoisotopic (exact) mass is 464 g/mol. The SMILES string of the molecule is COC(=O)c1ccc(-c2ccc(/C=C3/SC(=S)N(c4ccc(N(C)C)cc4)C3=O)o2)cc1. The molecule has 0 radical (unpaired) electrons. The van der Waals surface area contributed by atoms with Crippen molar-refractivity contribution in [3.63, 3.8) is 0 Å². The number of anilines is 2. The fourth-order valence-corrected chi connectivity index (χ4v) is 4.47. The molecule has 2 heterocycles. The molecule has 0 spiro atoms. The molecule has 32 heavy (non-hydrogen) atoms. The number of hydrogen-bond acceptors (Lipinski definition) is 7. The summed E-state index contributed by atoms with van der Waals surface area (Å²) in [5, 5.41) is 0. The van der Waals surface area contributed by atoms with Gasteiger partial charge in [0.1, 0.15) is 11.5 Å². The second-order valence-corrected chi connectivity index (χ2v) is 8.87. The van der Waals surface area contributed by atoms with Gasteiger partial charge in [-0.3, -0.25) is 9.69 Å². The van der Waals surface area contributed by atoms with Crippen LogP contribution in [0, 0.1) is 0 Å². The molecule has 162 valence electrons. The summed E-state index contributed by atoms with van der Waals surface area (Å²) in [6.45, 7) is 0. The highest BCUT2D eigenvalue weighted by atomic mass is 32.2. The van der Waals surface area contributed by atoms with E-state index in [1.807, 2.05) is 49.3 Å². The first-order valence-electron chi connectivity index (χ1n) is 9.71. The summed E-state index contributed by atoms with van der Waals surface area (Å²) in [5.41, 5.74) is 3.04. The predicted octanol–water partition coefficient (Wildman–Crippen LogP) is 5.21. The number of benzene rings is 2. The Morgan fingerprint density at radius 2 is 1.75 bits per heavy atom. The predicted molar refractivity (Wildman–Crippen MR) is 132 cm³/mol. The van der Waals surface area contributed by atoms with Crippen LogP contribution in [-0.2, 0) is 9.53 Å². The van der Waals surface area contributed by atoms with E-state index in [0.29, 0.717) is 26.3 Å². The van der Waals surface area contributed by atoms with E-state index in [9.17, 15) is 9.59 Å². The molecule has 1 aliphatic rings. The summed E-state index contributed by atoms with van der Waals surface area (Å²) in [4.78, 5) is 28.6. The molecule has 1 aliphatic heterocycles. The van der Waals surface area contributed by atoms with Crippen LogP contribution in [0.25, 0.3) is 17.4 Å². The van der Waals surface area contributed by atoms with E-state index in [4.69, 9.17) is 21.4 Å². The fraction of sp³-hybridized carbons (Fsp3) is 0.125. The molecular weight excluding hydrogens is 444 g/mol. The average Bonchev–Trinajstić information content (AvgIpc) is 3.37. The number of carbonyl (C=O) groups excluding carboxylic acids is 2. The average molecular weight is 465 g/mol. The highest BCUT2D eigenvalue weighted by Crippen LogP contribution is 2.37. The van der Waals surface area contributed by atoms with E-state index in [1.54, 1.807) is 36.4 Å². The molecule has 1 aromatic heterocycles. The quantitative estimate of drug-likeness (QED) is 0.292. The molecule has 6 nitrogen and oxygen atoms in total. The van der Waals surface area contributed by atoms with E-state index in [0.717, 1.165) is 16.9 Å². The number of rotatable bonds is 5. The van der Waals surface area contributed by atoms with Gasteiger partial charge < -0.3 is 14.1 Å². The first kappa shape index (κ1) is 21.9. The summed E-state index contributed by atoms with van der Waals surface area (Å²) in [6, 6.07) is 18.2. The Balaban J connectivity index is 1.53. The van der Waals surface area contributed by atoms with Gasteiger partial charge in [-0.05, 0) is 48.5 Å². The van der Waals surface area contributed by atoms with Crippen molar-refractivity contribution in [3.8, 4) is 11.3 Å². The third-order valence-corrected chi connectivity index (χ3v) is 6.21. The van der Waals surface area contributed by atoms with E-state index >= 15 is 0 Å². The second-order valence-electron chi connectivity index (χ2n) is 7.20. The number of thioether (sulfide) groups is 1. The lowest BCUT2D eigenvalue weighted by Gasteiger charge is -2.17. The van der Waals surface area contributed by atoms with Gasteiger partial charge in [-0.2, -0.15) is 0 Å². The first-order valence-corrected chi connectivity index (χ1v) is 10.9. The van der Waals surface area contributed by atoms with Gasteiger partial charge in [-0.15, -0.1) is 0 Å². The van der Waals surface area contributed by atoms with Crippen LogP contribution in [-0.4, -0.2) is 37.4 Å². The van der Waals surface area contributed by atoms with E-state index in [1.165, 1.54) is 23.8 Å². The van der Waals surface area contributed by atoms with Crippen molar-refractivity contribution < 1.29 is 18.7 Å². The summed E-state index contributed by atoms with van der Waals surface area (Å²) < 4.78 is 11.1. The number of carbonyl (C=O) groups is 2. The Hall–Kier alpha value is -3.36. The lowest BCUT2D eigenvalue weighted by molar-refractivity contribution is -0.113. The van der Waals surface area contributed by atoms with Gasteiger partial charge in [0.2, 0.25) is 0 Å². The number of esters is 1. The molecule has 0 aliphatic carbocycles. The molecule has 1 fully saturated rings. The third kappa shape index (κ3) is 4.32. The van der Waals surface area contributed by atoms with Crippen molar-refractivity contribution in [2.75, 3.05) is 31.0 Å². The Labute approximate surface area is 195 Å². The maximum Gasteiger partial charge on any atom is 0.337 e. The summed E-state index contributed by atoms with van der Waals surface area (Å²) >= 11 is 6.69. The zero-order chi connectivity index (χ0) is 22.8. The maximum atomic E-state index is 13.0. The van der Waals surface area contributed by atoms with E-state index < -0.39 is 5.97 Å². The van der Waals surface area contributed by atoms with Gasteiger partial charge in [-0.25, -0.2) is 4.79 Å². The lowest BCUT2D eigenvalue weighted by Crippen LogP contribution is -2.27. The Morgan fingerprint density at radius 3 is 2.38 bits per heavy atom. The zero-order valence-corrected chi connectivity index (χ0v) is 19.3. The highest BCUT2D eigenvalue weighted by Gasteiger charge is 2.33. The highest BCUT2D eigenvalue weighted by molar-refractivity contribution is 8.27. The minimum atomic E-state index is -0.393. The van der Waals surface area contributed by atoms with Gasteiger partial charge in [0.15, 0.2) is 4.32 Å². The fourth-order valence-electron chi connectivity index (χ4n) is 3.19. The Bertz CT molecular complexity index is 1210. The van der Waals surface area contributed by atoms with Crippen molar-refractivity contribution in [3.05, 3.63) is 76.9 Å². The first-order chi connectivity index (χ1) is 15.4. The summed E-state index contributed by atoms with van der Waals surface area (Å²) in [5.74, 6) is 0.593. The van der Waals surface area contributed by atoms with Crippen molar-refractivity contribution in [2.45, 2.75) is 0 Å². The molecule has 2 aromatic carbocycles. The standard InChI is InChI=1S/C24H20N2O4S2/c1-25(2)17-8-10-18(11-9-17)26-22(27)21(32-24(26)31)14-19-12-13-20(30-19)15-4-6-16(7-5-15)23(28)29-3/h4-14H,1-3H3/b21-14+. The maximum absolute atomic E-state index is 13.0. The third-order valence-electron chi connectivity index (χ3n) is 4.91. The number of thiocarbonyl (C=S) groups is 1. The summed E-state index contributed by atoms with van der Waals surface area (Å²) in [6.07, 6.45) is 1.69. The van der Waals surface area contributed by atoms with Gasteiger partial charge in [-0.1, -0.05) is 36.1 Å². The van der Waals surface area contributed by atoms with Crippen LogP contribution < -0.4 is 9.80 Å². The molecule has 3 aromatic rings. The van der Waals surface area contributed by atoms with Gasteiger partial charge in [0, 0.05) is 31.4 Å². The minimum absolute atomic E-state index is 0.182. The van der Waals surface area contributed by atoms with Gasteiger partial charge in [0.25, 0.3) is 5.91 Å². The molecule has 0 saturated carbocycles. The zero-order valence-electron chi connectivity index (χ0n) is 17.7. The van der Waals surface area contributed by atoms with Crippen LogP contribution in [0.3, 0.4) is 0 Å². The molecule has 1 saturated heterocycles. The topological polar surface area (TPSA) is 63.0 Å². The molecule has 8 heteroatoms. The normalized spacial score (nSPS) is 14.8. The van der Waals surface area contributed by atoms with Crippen LogP contribution in [0.1, 0.15) is 16.1 Å². The molecule has 4 rings (SSSR count). The van der Waals surface area contributed by atoms with Crippen molar-refractivity contribution in [2.24, 2.45) is 0 Å². The number of methoxy groups -OCH3 is 1. The molecule has 0 unspecified atom stereocenters. The smallest absolute Gasteiger partial charge is 0.337 e. The molecule has 0 atom stereocenters. The molecular formula is C24H20N2O4S2. The van der Waals surface area contributed by atoms with Crippen LogP contribution >= 0.6 is 24.0 Å². The van der Waals surface area contributed by atoms with E-state index in [2.05, 4.69) is 0 Å². The minimum Gasteiger partial charge on any atom is -0.465 e. The Kier molecular flexibility index (Phi) is 6.16. The molecule has 1 amide bonds. The van der Waals surface area contributed by atoms with Crippen LogP contribution in [0.15, 0.2) is 70.0 Å². The largest absolute Gasteiger partial charge is 0.465 e. The molecule has 0 N–H and O–H groups in total. The lowest BCUT2D eigenvalue weighted by atomic mass is 10.1. The van der Waals surface area contributed by atoms with Crippen molar-refractivity contribution in [1.29, 1.82) is 0 Å². The Morgan fingerprint density at radius 1 is 1.06 bits per heavy atom. The van der Waals surface area contributed by atoms with Crippen LogP contribution in [0.5, 0.6) is 0 Å². The van der Waals surface area contributed by atoms with Gasteiger partial charge in [0.05, 0.1) is 23.3 Å². The van der Waals surface area contributed by atoms with Crippen molar-refractivity contribution >= 4 is 57.6 Å². The van der Waals surface area contributed by atoms with Gasteiger partial charge >= 0.3 is 5.97 Å². The number of ether oxygens (including phenoxy) is 1. The number of hydrogen-bond donors (Lipinski definition) is 0. The number of furan rings is 1. The van der Waals surface area contributed by atoms with Crippen LogP contribution in [0.4, 0.5) is 11.4 Å². The van der Waals surface area contributed by atoms with E-state index in [-0.39, 0.29) is 5.91 Å². The number of amides is 1. The van der Waals surface area contributed by atoms with Crippen molar-refractivity contribution in [1.82, 2.24) is 0 Å². The summed E-state index contributed by atoms with van der Waals surface area (Å²) in [7, 11) is 5.27. The second kappa shape index (κ2) is 9.02.